The molecule has 1 atom stereocenters. The van der Waals surface area contributed by atoms with Crippen LogP contribution in [-0.2, 0) is 9.59 Å². The summed E-state index contributed by atoms with van der Waals surface area (Å²) in [5.74, 6) is -0.491. The van der Waals surface area contributed by atoms with Gasteiger partial charge in [-0.2, -0.15) is 5.26 Å². The molecule has 0 fully saturated rings. The summed E-state index contributed by atoms with van der Waals surface area (Å²) in [6.45, 7) is 2.27. The molecule has 2 N–H and O–H groups in total. The maximum absolute atomic E-state index is 13.0. The summed E-state index contributed by atoms with van der Waals surface area (Å²) in [5.41, 5.74) is 3.84. The molecule has 180 valence electrons. The van der Waals surface area contributed by atoms with Crippen molar-refractivity contribution in [1.29, 1.82) is 5.26 Å². The SMILES string of the molecule is CNCCC(=O)N(CC(=O)Nc1cc(Cl)cc(Cl)c1)C(C)c1ccc(-c2cccc(C#N)c2)cc1. The molecule has 8 heteroatoms. The highest BCUT2D eigenvalue weighted by Crippen LogP contribution is 2.27. The lowest BCUT2D eigenvalue weighted by molar-refractivity contribution is -0.136. The molecular weight excluding hydrogens is 483 g/mol. The summed E-state index contributed by atoms with van der Waals surface area (Å²) in [7, 11) is 1.77. The molecule has 0 spiro atoms. The molecule has 0 aliphatic heterocycles. The lowest BCUT2D eigenvalue weighted by atomic mass is 9.99. The highest BCUT2D eigenvalue weighted by molar-refractivity contribution is 6.35. The number of carbonyl (C=O) groups is 2. The van der Waals surface area contributed by atoms with E-state index in [0.717, 1.165) is 16.7 Å². The zero-order chi connectivity index (χ0) is 25.4. The van der Waals surface area contributed by atoms with Gasteiger partial charge in [-0.05, 0) is 61.0 Å². The summed E-state index contributed by atoms with van der Waals surface area (Å²) < 4.78 is 0. The topological polar surface area (TPSA) is 85.2 Å². The lowest BCUT2D eigenvalue weighted by Gasteiger charge is -2.29. The quantitative estimate of drug-likeness (QED) is 0.389. The van der Waals surface area contributed by atoms with Crippen molar-refractivity contribution in [1.82, 2.24) is 10.2 Å². The molecule has 3 aromatic rings. The number of anilines is 1. The van der Waals surface area contributed by atoms with Gasteiger partial charge < -0.3 is 15.5 Å². The van der Waals surface area contributed by atoms with Crippen LogP contribution in [0.3, 0.4) is 0 Å². The van der Waals surface area contributed by atoms with Gasteiger partial charge in [0, 0.05) is 28.7 Å². The van der Waals surface area contributed by atoms with E-state index in [2.05, 4.69) is 16.7 Å². The molecule has 0 aliphatic rings. The summed E-state index contributed by atoms with van der Waals surface area (Å²) in [5, 5.41) is 15.7. The van der Waals surface area contributed by atoms with Crippen molar-refractivity contribution in [3.8, 4) is 17.2 Å². The Hall–Kier alpha value is -3.37. The average Bonchev–Trinajstić information content (AvgIpc) is 2.85. The standard InChI is InChI=1S/C27H26Cl2N4O2/c1-18(20-6-8-21(9-7-20)22-5-3-4-19(12-22)16-30)33(27(35)10-11-31-2)17-26(34)32-25-14-23(28)13-24(29)15-25/h3-9,12-15,18,31H,10-11,17H2,1-2H3,(H,32,34). The summed E-state index contributed by atoms with van der Waals surface area (Å²) in [6.07, 6.45) is 0.260. The second kappa shape index (κ2) is 12.4. The van der Waals surface area contributed by atoms with Crippen LogP contribution in [0.2, 0.25) is 10.0 Å². The van der Waals surface area contributed by atoms with Crippen molar-refractivity contribution in [2.75, 3.05) is 25.5 Å². The largest absolute Gasteiger partial charge is 0.327 e. The highest BCUT2D eigenvalue weighted by atomic mass is 35.5. The maximum Gasteiger partial charge on any atom is 0.244 e. The Morgan fingerprint density at radius 1 is 1.00 bits per heavy atom. The molecule has 0 bridgehead atoms. The van der Waals surface area contributed by atoms with E-state index in [4.69, 9.17) is 28.5 Å². The van der Waals surface area contributed by atoms with Gasteiger partial charge in [0.1, 0.15) is 6.54 Å². The molecule has 0 aliphatic carbocycles. The van der Waals surface area contributed by atoms with E-state index in [1.807, 2.05) is 49.4 Å². The first-order valence-corrected chi connectivity index (χ1v) is 11.9. The summed E-state index contributed by atoms with van der Waals surface area (Å²) >= 11 is 12.1. The van der Waals surface area contributed by atoms with Gasteiger partial charge in [0.25, 0.3) is 0 Å². The molecule has 0 saturated heterocycles. The number of halogens is 2. The number of nitrogens with zero attached hydrogens (tertiary/aromatic N) is 2. The number of nitrogens with one attached hydrogen (secondary N) is 2. The third kappa shape index (κ3) is 7.30. The van der Waals surface area contributed by atoms with Gasteiger partial charge in [-0.3, -0.25) is 9.59 Å². The van der Waals surface area contributed by atoms with Crippen molar-refractivity contribution >= 4 is 40.7 Å². The summed E-state index contributed by atoms with van der Waals surface area (Å²) in [4.78, 5) is 27.4. The number of hydrogen-bond acceptors (Lipinski definition) is 4. The molecule has 3 rings (SSSR count). The second-order valence-electron chi connectivity index (χ2n) is 8.07. The molecule has 0 saturated carbocycles. The number of hydrogen-bond donors (Lipinski definition) is 2. The number of nitriles is 1. The second-order valence-corrected chi connectivity index (χ2v) is 8.94. The van der Waals surface area contributed by atoms with Crippen LogP contribution in [0.15, 0.2) is 66.7 Å². The van der Waals surface area contributed by atoms with Crippen LogP contribution in [-0.4, -0.2) is 36.9 Å². The molecule has 3 aromatic carbocycles. The third-order valence-corrected chi connectivity index (χ3v) is 5.99. The number of rotatable bonds is 9. The fraction of sp³-hybridized carbons (Fsp3) is 0.222. The fourth-order valence-corrected chi connectivity index (χ4v) is 4.23. The van der Waals surface area contributed by atoms with Crippen LogP contribution in [0.25, 0.3) is 11.1 Å². The van der Waals surface area contributed by atoms with Crippen LogP contribution in [0.5, 0.6) is 0 Å². The van der Waals surface area contributed by atoms with Crippen LogP contribution in [0.4, 0.5) is 5.69 Å². The molecule has 1 unspecified atom stereocenters. The van der Waals surface area contributed by atoms with Gasteiger partial charge in [0.15, 0.2) is 0 Å². The average molecular weight is 509 g/mol. The minimum atomic E-state index is -0.349. The first kappa shape index (κ1) is 26.2. The smallest absolute Gasteiger partial charge is 0.244 e. The van der Waals surface area contributed by atoms with Gasteiger partial charge >= 0.3 is 0 Å². The van der Waals surface area contributed by atoms with E-state index in [1.165, 1.54) is 0 Å². The van der Waals surface area contributed by atoms with Crippen molar-refractivity contribution in [2.45, 2.75) is 19.4 Å². The third-order valence-electron chi connectivity index (χ3n) is 5.56. The van der Waals surface area contributed by atoms with E-state index < -0.39 is 0 Å². The van der Waals surface area contributed by atoms with Crippen LogP contribution < -0.4 is 10.6 Å². The molecule has 2 amide bonds. The first-order valence-electron chi connectivity index (χ1n) is 11.1. The van der Waals surface area contributed by atoms with Gasteiger partial charge in [-0.1, -0.05) is 59.6 Å². The minimum absolute atomic E-state index is 0.125. The lowest BCUT2D eigenvalue weighted by Crippen LogP contribution is -2.40. The zero-order valence-electron chi connectivity index (χ0n) is 19.5. The minimum Gasteiger partial charge on any atom is -0.327 e. The monoisotopic (exact) mass is 508 g/mol. The predicted molar refractivity (Wildman–Crippen MR) is 140 cm³/mol. The van der Waals surface area contributed by atoms with E-state index in [1.54, 1.807) is 36.2 Å². The first-order chi connectivity index (χ1) is 16.8. The van der Waals surface area contributed by atoms with E-state index >= 15 is 0 Å². The van der Waals surface area contributed by atoms with Crippen molar-refractivity contribution in [3.63, 3.8) is 0 Å². The van der Waals surface area contributed by atoms with E-state index in [-0.39, 0.29) is 30.8 Å². The molecular formula is C27H26Cl2N4O2. The Morgan fingerprint density at radius 3 is 2.31 bits per heavy atom. The van der Waals surface area contributed by atoms with Gasteiger partial charge in [0.2, 0.25) is 11.8 Å². The van der Waals surface area contributed by atoms with Crippen molar-refractivity contribution < 1.29 is 9.59 Å². The van der Waals surface area contributed by atoms with Gasteiger partial charge in [-0.25, -0.2) is 0 Å². The Balaban J connectivity index is 1.79. The molecule has 0 radical (unpaired) electrons. The maximum atomic E-state index is 13.0. The Labute approximate surface area is 215 Å². The zero-order valence-corrected chi connectivity index (χ0v) is 21.0. The molecule has 35 heavy (non-hydrogen) atoms. The summed E-state index contributed by atoms with van der Waals surface area (Å²) in [6, 6.07) is 21.7. The van der Waals surface area contributed by atoms with Gasteiger partial charge in [-0.15, -0.1) is 0 Å². The normalized spacial score (nSPS) is 11.4. The Morgan fingerprint density at radius 2 is 1.69 bits per heavy atom. The van der Waals surface area contributed by atoms with E-state index in [9.17, 15) is 9.59 Å². The van der Waals surface area contributed by atoms with Crippen molar-refractivity contribution in [2.24, 2.45) is 0 Å². The van der Waals surface area contributed by atoms with Crippen molar-refractivity contribution in [3.05, 3.63) is 87.9 Å². The van der Waals surface area contributed by atoms with Gasteiger partial charge in [0.05, 0.1) is 17.7 Å². The predicted octanol–water partition coefficient (Wildman–Crippen LogP) is 5.67. The molecule has 0 heterocycles. The number of amides is 2. The highest BCUT2D eigenvalue weighted by Gasteiger charge is 2.24. The van der Waals surface area contributed by atoms with Crippen LogP contribution in [0.1, 0.15) is 30.5 Å². The van der Waals surface area contributed by atoms with Crippen LogP contribution >= 0.6 is 23.2 Å². The Bertz CT molecular complexity index is 1220. The molecule has 0 aromatic heterocycles. The molecule has 6 nitrogen and oxygen atoms in total. The number of carbonyl (C=O) groups excluding carboxylic acids is 2. The van der Waals surface area contributed by atoms with E-state index in [0.29, 0.717) is 27.8 Å². The Kier molecular flexibility index (Phi) is 9.27. The fourth-order valence-electron chi connectivity index (χ4n) is 3.70. The van der Waals surface area contributed by atoms with Crippen LogP contribution in [0, 0.1) is 11.3 Å². The number of benzene rings is 3.